The normalized spacial score (nSPS) is 16.2. The van der Waals surface area contributed by atoms with E-state index in [1.54, 1.807) is 22.8 Å². The number of aromatic nitrogens is 3. The number of piperazine rings is 1. The molecule has 0 spiro atoms. The summed E-state index contributed by atoms with van der Waals surface area (Å²) in [5, 5.41) is 7.87. The molecule has 1 saturated heterocycles. The maximum atomic E-state index is 13.1. The third-order valence-corrected chi connectivity index (χ3v) is 5.03. The smallest absolute Gasteiger partial charge is 0.293 e. The summed E-state index contributed by atoms with van der Waals surface area (Å²) in [6.07, 6.45) is 1.67. The lowest BCUT2D eigenvalue weighted by Crippen LogP contribution is -2.51. The zero-order valence-electron chi connectivity index (χ0n) is 19.6. The van der Waals surface area contributed by atoms with Gasteiger partial charge in [-0.1, -0.05) is 0 Å². The van der Waals surface area contributed by atoms with Crippen molar-refractivity contribution in [1.29, 1.82) is 0 Å². The molecule has 0 radical (unpaired) electrons. The second-order valence-electron chi connectivity index (χ2n) is 9.05. The minimum atomic E-state index is -0.318. The molecule has 1 fully saturated rings. The van der Waals surface area contributed by atoms with E-state index in [0.717, 1.165) is 17.7 Å². The van der Waals surface area contributed by atoms with Gasteiger partial charge in [-0.2, -0.15) is 5.10 Å². The molecule has 0 aliphatic carbocycles. The minimum absolute atomic E-state index is 0.0772. The van der Waals surface area contributed by atoms with Gasteiger partial charge in [0, 0.05) is 31.2 Å². The summed E-state index contributed by atoms with van der Waals surface area (Å²) in [5.74, 6) is -0.362. The van der Waals surface area contributed by atoms with Crippen LogP contribution in [0.2, 0.25) is 0 Å². The molecule has 0 bridgehead atoms. The van der Waals surface area contributed by atoms with Crippen molar-refractivity contribution in [3.63, 3.8) is 0 Å². The first-order chi connectivity index (χ1) is 15.6. The fourth-order valence-corrected chi connectivity index (χ4v) is 3.42. The van der Waals surface area contributed by atoms with E-state index in [1.165, 1.54) is 12.1 Å². The molecule has 4 rings (SSSR count). The summed E-state index contributed by atoms with van der Waals surface area (Å²) in [4.78, 5) is 28.7. The number of imidazole rings is 1. The summed E-state index contributed by atoms with van der Waals surface area (Å²) in [5.41, 5.74) is 3.17. The van der Waals surface area contributed by atoms with E-state index in [4.69, 9.17) is 0 Å². The first-order valence-electron chi connectivity index (χ1n) is 10.8. The van der Waals surface area contributed by atoms with Crippen LogP contribution in [0.25, 0.3) is 16.9 Å². The van der Waals surface area contributed by atoms with Crippen LogP contribution in [0, 0.1) is 12.7 Å². The summed E-state index contributed by atoms with van der Waals surface area (Å²) >= 11 is 0. The first kappa shape index (κ1) is 24.3. The van der Waals surface area contributed by atoms with Crippen molar-refractivity contribution in [1.82, 2.24) is 24.8 Å². The monoisotopic (exact) mass is 455 g/mol. The van der Waals surface area contributed by atoms with Gasteiger partial charge >= 0.3 is 0 Å². The molecule has 1 amide bonds. The standard InChI is InChI=1S/C19H20FN5O.C5H10O2/c1-12-9-16(14-3-5-15(20)6-4-14)23-25-11-17(22-18(12)25)19(26)24-8-7-21-13(2)10-24;1-5(2,3)7-4-6/h3-6,9,11,13,21H,7-8,10H2,1-2H3;4H,1-3H3/t13-;/m0./s1. The maximum absolute atomic E-state index is 13.1. The number of amides is 1. The van der Waals surface area contributed by atoms with Crippen LogP contribution in [0.1, 0.15) is 43.7 Å². The highest BCUT2D eigenvalue weighted by atomic mass is 19.1. The summed E-state index contributed by atoms with van der Waals surface area (Å²) in [6, 6.07) is 8.36. The molecule has 9 heteroatoms. The predicted octanol–water partition coefficient (Wildman–Crippen LogP) is 3.24. The lowest BCUT2D eigenvalue weighted by atomic mass is 10.1. The van der Waals surface area contributed by atoms with Crippen LogP contribution in [0.15, 0.2) is 36.5 Å². The molecule has 8 nitrogen and oxygen atoms in total. The van der Waals surface area contributed by atoms with Crippen LogP contribution in [0.3, 0.4) is 0 Å². The molecular weight excluding hydrogens is 425 g/mol. The Labute approximate surface area is 192 Å². The van der Waals surface area contributed by atoms with Gasteiger partial charge < -0.3 is 15.0 Å². The fraction of sp³-hybridized carbons (Fsp3) is 0.417. The summed E-state index contributed by atoms with van der Waals surface area (Å²) < 4.78 is 19.3. The highest BCUT2D eigenvalue weighted by Gasteiger charge is 2.24. The number of ether oxygens (including phenoxy) is 1. The molecule has 33 heavy (non-hydrogen) atoms. The average Bonchev–Trinajstić information content (AvgIpc) is 3.18. The Hall–Kier alpha value is -3.33. The molecule has 2 aromatic heterocycles. The zero-order valence-corrected chi connectivity index (χ0v) is 19.6. The number of rotatable bonds is 3. The number of carbonyl (C=O) groups is 2. The van der Waals surface area contributed by atoms with Gasteiger partial charge in [0.1, 0.15) is 17.1 Å². The lowest BCUT2D eigenvalue weighted by molar-refractivity contribution is -0.138. The number of aryl methyl sites for hydroxylation is 1. The molecule has 1 aliphatic heterocycles. The molecule has 0 saturated carbocycles. The predicted molar refractivity (Wildman–Crippen MR) is 123 cm³/mol. The Morgan fingerprint density at radius 3 is 2.55 bits per heavy atom. The van der Waals surface area contributed by atoms with Crippen molar-refractivity contribution in [2.24, 2.45) is 0 Å². The van der Waals surface area contributed by atoms with Gasteiger partial charge in [-0.15, -0.1) is 0 Å². The Bertz CT molecular complexity index is 1120. The van der Waals surface area contributed by atoms with Crippen molar-refractivity contribution >= 4 is 18.0 Å². The molecule has 176 valence electrons. The topological polar surface area (TPSA) is 88.8 Å². The van der Waals surface area contributed by atoms with E-state index < -0.39 is 0 Å². The maximum Gasteiger partial charge on any atom is 0.293 e. The van der Waals surface area contributed by atoms with Crippen LogP contribution in [-0.4, -0.2) is 63.2 Å². The van der Waals surface area contributed by atoms with E-state index >= 15 is 0 Å². The van der Waals surface area contributed by atoms with Gasteiger partial charge in [-0.05, 0) is 70.5 Å². The number of fused-ring (bicyclic) bond motifs is 1. The van der Waals surface area contributed by atoms with Gasteiger partial charge in [0.2, 0.25) is 0 Å². The van der Waals surface area contributed by atoms with Gasteiger partial charge in [-0.3, -0.25) is 9.59 Å². The molecule has 3 aromatic rings. The van der Waals surface area contributed by atoms with E-state index in [2.05, 4.69) is 27.1 Å². The van der Waals surface area contributed by atoms with Gasteiger partial charge in [-0.25, -0.2) is 13.9 Å². The molecule has 0 unspecified atom stereocenters. The average molecular weight is 456 g/mol. The third kappa shape index (κ3) is 6.35. The SMILES string of the molecule is CC(C)(C)OC=O.Cc1cc(-c2ccc(F)cc2)nn2cc(C(=O)N3CCN[C@@H](C)C3)nc12. The molecular formula is C24H30FN5O3. The van der Waals surface area contributed by atoms with Crippen molar-refractivity contribution in [2.45, 2.75) is 46.3 Å². The largest absolute Gasteiger partial charge is 0.462 e. The minimum Gasteiger partial charge on any atom is -0.462 e. The Balaban J connectivity index is 0.000000383. The molecule has 1 aliphatic rings. The first-order valence-corrected chi connectivity index (χ1v) is 10.8. The summed E-state index contributed by atoms with van der Waals surface area (Å²) in [6.45, 7) is 12.0. The van der Waals surface area contributed by atoms with E-state index in [0.29, 0.717) is 36.6 Å². The number of nitrogens with zero attached hydrogens (tertiary/aromatic N) is 4. The second-order valence-corrected chi connectivity index (χ2v) is 9.05. The number of carbonyl (C=O) groups excluding carboxylic acids is 2. The summed E-state index contributed by atoms with van der Waals surface area (Å²) in [7, 11) is 0. The van der Waals surface area contributed by atoms with Crippen LogP contribution in [0.5, 0.6) is 0 Å². The van der Waals surface area contributed by atoms with Crippen LogP contribution >= 0.6 is 0 Å². The fourth-order valence-electron chi connectivity index (χ4n) is 3.42. The highest BCUT2D eigenvalue weighted by molar-refractivity contribution is 5.93. The Morgan fingerprint density at radius 2 is 1.97 bits per heavy atom. The van der Waals surface area contributed by atoms with Gasteiger partial charge in [0.15, 0.2) is 5.65 Å². The van der Waals surface area contributed by atoms with Crippen LogP contribution in [0.4, 0.5) is 4.39 Å². The van der Waals surface area contributed by atoms with Gasteiger partial charge in [0.05, 0.1) is 11.9 Å². The Kier molecular flexibility index (Phi) is 7.43. The molecule has 1 N–H and O–H groups in total. The molecule has 3 heterocycles. The Morgan fingerprint density at radius 1 is 1.27 bits per heavy atom. The lowest BCUT2D eigenvalue weighted by Gasteiger charge is -2.31. The number of halogens is 1. The number of nitrogens with one attached hydrogen (secondary N) is 1. The highest BCUT2D eigenvalue weighted by Crippen LogP contribution is 2.21. The number of benzene rings is 1. The van der Waals surface area contributed by atoms with Crippen molar-refractivity contribution in [3.8, 4) is 11.3 Å². The van der Waals surface area contributed by atoms with Crippen molar-refractivity contribution < 1.29 is 18.7 Å². The van der Waals surface area contributed by atoms with E-state index in [-0.39, 0.29) is 23.4 Å². The molecule has 1 aromatic carbocycles. The van der Waals surface area contributed by atoms with E-state index in [1.807, 2.05) is 38.7 Å². The van der Waals surface area contributed by atoms with E-state index in [9.17, 15) is 14.0 Å². The number of hydrogen-bond donors (Lipinski definition) is 1. The quantitative estimate of drug-likeness (QED) is 0.610. The number of hydrogen-bond acceptors (Lipinski definition) is 6. The third-order valence-electron chi connectivity index (χ3n) is 5.03. The molecule has 1 atom stereocenters. The van der Waals surface area contributed by atoms with Gasteiger partial charge in [0.25, 0.3) is 12.4 Å². The van der Waals surface area contributed by atoms with Crippen molar-refractivity contribution in [2.75, 3.05) is 19.6 Å². The second kappa shape index (κ2) is 10.1. The van der Waals surface area contributed by atoms with Crippen LogP contribution < -0.4 is 5.32 Å². The van der Waals surface area contributed by atoms with Crippen LogP contribution in [-0.2, 0) is 9.53 Å². The van der Waals surface area contributed by atoms with Crippen molar-refractivity contribution in [3.05, 3.63) is 53.6 Å². The zero-order chi connectivity index (χ0) is 24.2.